The van der Waals surface area contributed by atoms with Crippen molar-refractivity contribution in [2.75, 3.05) is 6.61 Å². The number of terminal acetylenes is 1. The fourth-order valence-corrected chi connectivity index (χ4v) is 2.29. The van der Waals surface area contributed by atoms with Crippen molar-refractivity contribution in [2.24, 2.45) is 7.05 Å². The summed E-state index contributed by atoms with van der Waals surface area (Å²) in [5.74, 6) is 0.488. The van der Waals surface area contributed by atoms with Gasteiger partial charge in [0.15, 0.2) is 0 Å². The minimum atomic E-state index is -0.852. The predicted molar refractivity (Wildman–Crippen MR) is 82.9 cm³/mol. The van der Waals surface area contributed by atoms with Crippen molar-refractivity contribution in [1.29, 1.82) is 0 Å². The molecule has 0 bridgehead atoms. The number of nitrogens with zero attached hydrogens (tertiary/aromatic N) is 1. The van der Waals surface area contributed by atoms with Gasteiger partial charge in [-0.3, -0.25) is 4.79 Å². The molecule has 2 aromatic rings. The molecular formula is C15H9F2INO2Y-. The molecule has 0 spiro atoms. The summed E-state index contributed by atoms with van der Waals surface area (Å²) in [6.45, 7) is -0.0909. The number of ether oxygens (including phenoxy) is 1. The molecule has 3 nitrogen and oxygen atoms in total. The summed E-state index contributed by atoms with van der Waals surface area (Å²) in [6, 6.07) is 6.14. The first-order valence-electron chi connectivity index (χ1n) is 5.78. The average molecular weight is 489 g/mol. The van der Waals surface area contributed by atoms with Crippen molar-refractivity contribution in [3.63, 3.8) is 0 Å². The fraction of sp³-hybridized carbons (Fsp3) is 0.133. The van der Waals surface area contributed by atoms with E-state index in [1.54, 1.807) is 0 Å². The van der Waals surface area contributed by atoms with E-state index in [1.165, 1.54) is 13.1 Å². The second-order valence-corrected chi connectivity index (χ2v) is 5.27. The van der Waals surface area contributed by atoms with Gasteiger partial charge in [-0.2, -0.15) is 12.1 Å². The molecule has 7 heteroatoms. The van der Waals surface area contributed by atoms with Crippen LogP contribution in [0.15, 0.2) is 23.0 Å². The van der Waals surface area contributed by atoms with E-state index in [1.807, 2.05) is 22.6 Å². The normalized spacial score (nSPS) is 9.77. The molecule has 0 atom stereocenters. The number of hydrogen-bond donors (Lipinski definition) is 0. The SMILES string of the molecule is C#CCOc1cc(F)c(-c2[c-]cc(I)c(=O)n2C)c(F)c1.[Y]. The molecule has 111 valence electrons. The van der Waals surface area contributed by atoms with E-state index in [-0.39, 0.29) is 61.9 Å². The van der Waals surface area contributed by atoms with Crippen LogP contribution in [-0.2, 0) is 39.8 Å². The second-order valence-electron chi connectivity index (χ2n) is 4.10. The summed E-state index contributed by atoms with van der Waals surface area (Å²) >= 11 is 1.83. The van der Waals surface area contributed by atoms with Crippen molar-refractivity contribution in [3.05, 3.63) is 49.8 Å². The molecule has 1 aromatic heterocycles. The van der Waals surface area contributed by atoms with Crippen LogP contribution in [0, 0.1) is 33.6 Å². The Balaban J connectivity index is 0.00000242. The maximum Gasteiger partial charge on any atom is 0.207 e. The van der Waals surface area contributed by atoms with Gasteiger partial charge in [-0.25, -0.2) is 8.78 Å². The van der Waals surface area contributed by atoms with Crippen LogP contribution in [-0.4, -0.2) is 11.2 Å². The van der Waals surface area contributed by atoms with Crippen LogP contribution in [0.4, 0.5) is 8.78 Å². The zero-order chi connectivity index (χ0) is 15.6. The Kier molecular flexibility index (Phi) is 7.17. The molecule has 0 aliphatic rings. The van der Waals surface area contributed by atoms with Gasteiger partial charge in [0.2, 0.25) is 5.56 Å². The molecular weight excluding hydrogens is 480 g/mol. The molecule has 1 aromatic carbocycles. The van der Waals surface area contributed by atoms with Gasteiger partial charge < -0.3 is 9.30 Å². The molecule has 0 fully saturated rings. The minimum Gasteiger partial charge on any atom is -0.481 e. The van der Waals surface area contributed by atoms with Crippen LogP contribution in [0.3, 0.4) is 0 Å². The Bertz CT molecular complexity index is 776. The van der Waals surface area contributed by atoms with Crippen LogP contribution in [0.2, 0.25) is 0 Å². The molecule has 2 rings (SSSR count). The predicted octanol–water partition coefficient (Wildman–Crippen LogP) is 2.74. The Hall–Kier alpha value is -0.776. The van der Waals surface area contributed by atoms with Gasteiger partial charge in [0.25, 0.3) is 0 Å². The first-order valence-corrected chi connectivity index (χ1v) is 6.86. The quantitative estimate of drug-likeness (QED) is 0.378. The van der Waals surface area contributed by atoms with E-state index in [2.05, 4.69) is 12.0 Å². The molecule has 22 heavy (non-hydrogen) atoms. The van der Waals surface area contributed by atoms with Gasteiger partial charge in [-0.05, 0) is 9.13 Å². The van der Waals surface area contributed by atoms with Gasteiger partial charge in [0.05, 0.1) is 11.6 Å². The number of benzene rings is 1. The standard InChI is InChI=1S/C15H9F2INO2.Y/c1-3-6-21-9-7-10(16)14(11(17)8-9)13-5-4-12(18)15(20)19(13)2;/h1,4,7-8H,6H2,2H3;/q-1;. The molecule has 0 saturated carbocycles. The van der Waals surface area contributed by atoms with E-state index in [9.17, 15) is 13.6 Å². The van der Waals surface area contributed by atoms with E-state index < -0.39 is 11.6 Å². The number of aromatic nitrogens is 1. The summed E-state index contributed by atoms with van der Waals surface area (Å²) in [6.07, 6.45) is 5.02. The minimum absolute atomic E-state index is 0. The number of hydrogen-bond acceptors (Lipinski definition) is 2. The molecule has 0 aliphatic heterocycles. The zero-order valence-corrected chi connectivity index (χ0v) is 16.5. The summed E-state index contributed by atoms with van der Waals surface area (Å²) in [7, 11) is 1.43. The topological polar surface area (TPSA) is 31.2 Å². The second kappa shape index (κ2) is 8.18. The van der Waals surface area contributed by atoms with Crippen LogP contribution >= 0.6 is 22.6 Å². The Labute approximate surface area is 165 Å². The summed E-state index contributed by atoms with van der Waals surface area (Å²) in [4.78, 5) is 11.8. The number of pyridine rings is 1. The Morgan fingerprint density at radius 3 is 2.55 bits per heavy atom. The van der Waals surface area contributed by atoms with E-state index in [0.29, 0.717) is 3.57 Å². The maximum absolute atomic E-state index is 14.1. The largest absolute Gasteiger partial charge is 0.481 e. The molecule has 0 amide bonds. The van der Waals surface area contributed by atoms with Crippen LogP contribution in [0.5, 0.6) is 5.75 Å². The zero-order valence-electron chi connectivity index (χ0n) is 11.5. The van der Waals surface area contributed by atoms with Crippen molar-refractivity contribution >= 4 is 22.6 Å². The average Bonchev–Trinajstić information content (AvgIpc) is 2.44. The summed E-state index contributed by atoms with van der Waals surface area (Å²) < 4.78 is 34.8. The molecule has 1 heterocycles. The van der Waals surface area contributed by atoms with E-state index in [4.69, 9.17) is 11.2 Å². The molecule has 0 unspecified atom stereocenters. The van der Waals surface area contributed by atoms with Crippen LogP contribution in [0.1, 0.15) is 0 Å². The van der Waals surface area contributed by atoms with Crippen LogP contribution < -0.4 is 10.3 Å². The van der Waals surface area contributed by atoms with Gasteiger partial charge in [0.1, 0.15) is 12.4 Å². The van der Waals surface area contributed by atoms with Crippen molar-refractivity contribution < 1.29 is 46.2 Å². The summed E-state index contributed by atoms with van der Waals surface area (Å²) in [5, 5.41) is 0. The van der Waals surface area contributed by atoms with Crippen molar-refractivity contribution in [1.82, 2.24) is 4.57 Å². The molecule has 0 saturated heterocycles. The third kappa shape index (κ3) is 3.95. The van der Waals surface area contributed by atoms with Crippen molar-refractivity contribution in [2.45, 2.75) is 0 Å². The van der Waals surface area contributed by atoms with Crippen LogP contribution in [0.25, 0.3) is 11.3 Å². The van der Waals surface area contributed by atoms with E-state index >= 15 is 0 Å². The molecule has 1 radical (unpaired) electrons. The first-order chi connectivity index (χ1) is 9.95. The third-order valence-corrected chi connectivity index (χ3v) is 3.53. The molecule has 0 aliphatic carbocycles. The van der Waals surface area contributed by atoms with E-state index in [0.717, 1.165) is 16.7 Å². The van der Waals surface area contributed by atoms with Gasteiger partial charge >= 0.3 is 0 Å². The Morgan fingerprint density at radius 1 is 1.41 bits per heavy atom. The summed E-state index contributed by atoms with van der Waals surface area (Å²) in [5.41, 5.74) is -0.659. The van der Waals surface area contributed by atoms with Gasteiger partial charge in [-0.1, -0.05) is 11.6 Å². The van der Waals surface area contributed by atoms with Gasteiger partial charge in [0, 0.05) is 51.9 Å². The Morgan fingerprint density at radius 2 is 2.00 bits per heavy atom. The van der Waals surface area contributed by atoms with Gasteiger partial charge in [-0.15, -0.1) is 29.0 Å². The monoisotopic (exact) mass is 489 g/mol. The third-order valence-electron chi connectivity index (χ3n) is 2.75. The smallest absolute Gasteiger partial charge is 0.207 e. The number of halogens is 3. The molecule has 0 N–H and O–H groups in total. The fourth-order valence-electron chi connectivity index (χ4n) is 1.78. The number of rotatable bonds is 3. The van der Waals surface area contributed by atoms with Crippen molar-refractivity contribution in [3.8, 4) is 29.4 Å². The first kappa shape index (κ1) is 19.3. The maximum atomic E-state index is 14.1.